The Labute approximate surface area is 139 Å². The summed E-state index contributed by atoms with van der Waals surface area (Å²) in [6.07, 6.45) is 1.90. The third-order valence-electron chi connectivity index (χ3n) is 3.77. The van der Waals surface area contributed by atoms with Gasteiger partial charge in [-0.3, -0.25) is 0 Å². The summed E-state index contributed by atoms with van der Waals surface area (Å²) in [7, 11) is 0. The van der Waals surface area contributed by atoms with Gasteiger partial charge in [0, 0.05) is 16.8 Å². The van der Waals surface area contributed by atoms with Crippen molar-refractivity contribution in [2.45, 2.75) is 26.4 Å². The number of fused-ring (bicyclic) bond motifs is 1. The van der Waals surface area contributed by atoms with Gasteiger partial charge in [0.05, 0.1) is 22.5 Å². The maximum Gasteiger partial charge on any atom is 0.140 e. The number of nitrogens with zero attached hydrogens (tertiary/aromatic N) is 2. The number of imidazole rings is 1. The summed E-state index contributed by atoms with van der Waals surface area (Å²) >= 11 is 12.3. The molecule has 0 bridgehead atoms. The molecule has 2 aromatic heterocycles. The molecule has 0 amide bonds. The van der Waals surface area contributed by atoms with Crippen molar-refractivity contribution >= 4 is 28.8 Å². The van der Waals surface area contributed by atoms with Crippen molar-refractivity contribution in [3.05, 3.63) is 57.8 Å². The van der Waals surface area contributed by atoms with Crippen LogP contribution in [-0.4, -0.2) is 14.5 Å². The molecular weight excluding hydrogens is 319 g/mol. The molecule has 0 aliphatic rings. The molecule has 1 N–H and O–H groups in total. The summed E-state index contributed by atoms with van der Waals surface area (Å²) in [6, 6.07) is 9.26. The molecule has 3 aromatic rings. The van der Waals surface area contributed by atoms with Crippen molar-refractivity contribution in [2.75, 3.05) is 0 Å². The number of aliphatic hydroxyl groups is 1. The monoisotopic (exact) mass is 334 g/mol. The van der Waals surface area contributed by atoms with Crippen LogP contribution in [0.3, 0.4) is 0 Å². The fourth-order valence-corrected chi connectivity index (χ4v) is 3.11. The highest BCUT2D eigenvalue weighted by atomic mass is 35.5. The molecule has 0 aliphatic heterocycles. The predicted octanol–water partition coefficient (Wildman–Crippen LogP) is 5.06. The molecule has 1 atom stereocenters. The smallest absolute Gasteiger partial charge is 0.140 e. The number of aromatic nitrogens is 2. The Kier molecular flexibility index (Phi) is 4.13. The Morgan fingerprint density at radius 3 is 2.73 bits per heavy atom. The molecule has 22 heavy (non-hydrogen) atoms. The minimum Gasteiger partial charge on any atom is -0.387 e. The topological polar surface area (TPSA) is 37.5 Å². The van der Waals surface area contributed by atoms with Crippen LogP contribution in [0, 0.1) is 6.92 Å². The first kappa shape index (κ1) is 15.3. The van der Waals surface area contributed by atoms with Crippen molar-refractivity contribution in [3.8, 4) is 11.3 Å². The lowest BCUT2D eigenvalue weighted by atomic mass is 10.1. The van der Waals surface area contributed by atoms with Crippen LogP contribution >= 0.6 is 23.2 Å². The molecule has 0 saturated heterocycles. The number of rotatable bonds is 3. The van der Waals surface area contributed by atoms with Crippen LogP contribution in [0.2, 0.25) is 10.0 Å². The Balaban J connectivity index is 2.35. The van der Waals surface area contributed by atoms with E-state index in [-0.39, 0.29) is 0 Å². The largest absolute Gasteiger partial charge is 0.387 e. The van der Waals surface area contributed by atoms with Crippen LogP contribution in [0.5, 0.6) is 0 Å². The fourth-order valence-electron chi connectivity index (χ4n) is 2.61. The number of halogens is 2. The molecule has 114 valence electrons. The van der Waals surface area contributed by atoms with E-state index < -0.39 is 6.10 Å². The van der Waals surface area contributed by atoms with Gasteiger partial charge >= 0.3 is 0 Å². The normalized spacial score (nSPS) is 12.8. The quantitative estimate of drug-likeness (QED) is 0.726. The van der Waals surface area contributed by atoms with Gasteiger partial charge in [0.1, 0.15) is 5.65 Å². The summed E-state index contributed by atoms with van der Waals surface area (Å²) in [5.74, 6) is 0. The SMILES string of the molecule is CCC(O)c1c(-c2ccc(Cl)cc2Cl)nc2c(C)cccn12. The Morgan fingerprint density at radius 2 is 2.05 bits per heavy atom. The second-order valence-electron chi connectivity index (χ2n) is 5.28. The van der Waals surface area contributed by atoms with Gasteiger partial charge in [-0.1, -0.05) is 36.2 Å². The average molecular weight is 335 g/mol. The van der Waals surface area contributed by atoms with Gasteiger partial charge in [-0.15, -0.1) is 0 Å². The van der Waals surface area contributed by atoms with E-state index in [1.54, 1.807) is 12.1 Å². The van der Waals surface area contributed by atoms with Crippen molar-refractivity contribution in [1.82, 2.24) is 9.38 Å². The van der Waals surface area contributed by atoms with Crippen LogP contribution in [0.25, 0.3) is 16.9 Å². The zero-order valence-electron chi connectivity index (χ0n) is 12.3. The zero-order valence-corrected chi connectivity index (χ0v) is 13.9. The van der Waals surface area contributed by atoms with Crippen LogP contribution in [-0.2, 0) is 0 Å². The molecule has 0 fully saturated rings. The Morgan fingerprint density at radius 1 is 1.27 bits per heavy atom. The molecule has 1 aromatic carbocycles. The second kappa shape index (κ2) is 5.92. The first-order valence-electron chi connectivity index (χ1n) is 7.14. The predicted molar refractivity (Wildman–Crippen MR) is 90.6 cm³/mol. The maximum absolute atomic E-state index is 10.5. The maximum atomic E-state index is 10.5. The zero-order chi connectivity index (χ0) is 15.9. The minimum absolute atomic E-state index is 0.526. The van der Waals surface area contributed by atoms with Gasteiger partial charge in [0.15, 0.2) is 0 Å². The third-order valence-corrected chi connectivity index (χ3v) is 4.32. The standard InChI is InChI=1S/C17H16Cl2N2O/c1-3-14(22)16-15(12-7-6-11(18)9-13(12)19)20-17-10(2)5-4-8-21(16)17/h4-9,14,22H,3H2,1-2H3. The number of hydrogen-bond donors (Lipinski definition) is 1. The van der Waals surface area contributed by atoms with Crippen molar-refractivity contribution in [3.63, 3.8) is 0 Å². The molecule has 2 heterocycles. The van der Waals surface area contributed by atoms with E-state index in [1.165, 1.54) is 0 Å². The highest BCUT2D eigenvalue weighted by Crippen LogP contribution is 2.36. The number of pyridine rings is 1. The summed E-state index contributed by atoms with van der Waals surface area (Å²) in [4.78, 5) is 4.72. The van der Waals surface area contributed by atoms with Gasteiger partial charge in [-0.2, -0.15) is 0 Å². The van der Waals surface area contributed by atoms with Crippen molar-refractivity contribution in [2.24, 2.45) is 0 Å². The van der Waals surface area contributed by atoms with E-state index in [0.29, 0.717) is 22.2 Å². The molecule has 3 rings (SSSR count). The lowest BCUT2D eigenvalue weighted by Crippen LogP contribution is -2.02. The van der Waals surface area contributed by atoms with E-state index in [9.17, 15) is 5.11 Å². The summed E-state index contributed by atoms with van der Waals surface area (Å²) in [6.45, 7) is 3.94. The van der Waals surface area contributed by atoms with Crippen molar-refractivity contribution in [1.29, 1.82) is 0 Å². The average Bonchev–Trinajstić information content (AvgIpc) is 2.87. The molecule has 5 heteroatoms. The number of hydrogen-bond acceptors (Lipinski definition) is 2. The van der Waals surface area contributed by atoms with Crippen LogP contribution < -0.4 is 0 Å². The molecular formula is C17H16Cl2N2O. The fraction of sp³-hybridized carbons (Fsp3) is 0.235. The highest BCUT2D eigenvalue weighted by molar-refractivity contribution is 6.36. The van der Waals surface area contributed by atoms with E-state index in [0.717, 1.165) is 22.5 Å². The van der Waals surface area contributed by atoms with Gasteiger partial charge in [0.25, 0.3) is 0 Å². The number of aryl methyl sites for hydroxylation is 1. The van der Waals surface area contributed by atoms with E-state index in [1.807, 2.05) is 42.6 Å². The van der Waals surface area contributed by atoms with E-state index in [4.69, 9.17) is 28.2 Å². The highest BCUT2D eigenvalue weighted by Gasteiger charge is 2.22. The number of aliphatic hydroxyl groups excluding tert-OH is 1. The lowest BCUT2D eigenvalue weighted by molar-refractivity contribution is 0.168. The van der Waals surface area contributed by atoms with E-state index in [2.05, 4.69) is 0 Å². The molecule has 0 radical (unpaired) electrons. The van der Waals surface area contributed by atoms with Crippen molar-refractivity contribution < 1.29 is 5.11 Å². The minimum atomic E-state index is -0.612. The summed E-state index contributed by atoms with van der Waals surface area (Å²) in [5.41, 5.74) is 4.10. The van der Waals surface area contributed by atoms with E-state index >= 15 is 0 Å². The molecule has 0 saturated carbocycles. The van der Waals surface area contributed by atoms with Gasteiger partial charge in [-0.05, 0) is 43.2 Å². The second-order valence-corrected chi connectivity index (χ2v) is 6.12. The first-order chi connectivity index (χ1) is 10.5. The van der Waals surface area contributed by atoms with Crippen LogP contribution in [0.4, 0.5) is 0 Å². The first-order valence-corrected chi connectivity index (χ1v) is 7.89. The lowest BCUT2D eigenvalue weighted by Gasteiger charge is -2.11. The Bertz CT molecular complexity index is 842. The number of benzene rings is 1. The Hall–Kier alpha value is -1.55. The van der Waals surface area contributed by atoms with Crippen LogP contribution in [0.15, 0.2) is 36.5 Å². The molecule has 1 unspecified atom stereocenters. The van der Waals surface area contributed by atoms with Gasteiger partial charge in [-0.25, -0.2) is 4.98 Å². The molecule has 0 spiro atoms. The van der Waals surface area contributed by atoms with Gasteiger partial charge in [0.2, 0.25) is 0 Å². The molecule has 3 nitrogen and oxygen atoms in total. The summed E-state index contributed by atoms with van der Waals surface area (Å²) in [5, 5.41) is 11.6. The third kappa shape index (κ3) is 2.50. The summed E-state index contributed by atoms with van der Waals surface area (Å²) < 4.78 is 1.93. The molecule has 0 aliphatic carbocycles. The van der Waals surface area contributed by atoms with Crippen LogP contribution in [0.1, 0.15) is 30.7 Å². The van der Waals surface area contributed by atoms with Gasteiger partial charge < -0.3 is 9.51 Å².